The summed E-state index contributed by atoms with van der Waals surface area (Å²) in [5.74, 6) is -0.812. The minimum Gasteiger partial charge on any atom is -0.369 e. The molecule has 0 spiro atoms. The number of carbonyl (C=O) groups is 2. The van der Waals surface area contributed by atoms with Crippen molar-refractivity contribution in [1.82, 2.24) is 15.8 Å². The molecule has 1 aliphatic heterocycles. The van der Waals surface area contributed by atoms with Gasteiger partial charge in [-0.25, -0.2) is 0 Å². The second kappa shape index (κ2) is 9.48. The van der Waals surface area contributed by atoms with E-state index < -0.39 is 17.6 Å². The van der Waals surface area contributed by atoms with E-state index in [2.05, 4.69) is 26.8 Å². The minimum absolute atomic E-state index is 0.0761. The fourth-order valence-corrected chi connectivity index (χ4v) is 3.59. The Kier molecular flexibility index (Phi) is 6.99. The van der Waals surface area contributed by atoms with Crippen LogP contribution in [0.5, 0.6) is 0 Å². The zero-order chi connectivity index (χ0) is 21.7. The van der Waals surface area contributed by atoms with E-state index in [9.17, 15) is 22.8 Å². The smallest absolute Gasteiger partial charge is 0.369 e. The normalized spacial score (nSPS) is 15.0. The van der Waals surface area contributed by atoms with E-state index >= 15 is 0 Å². The third-order valence-corrected chi connectivity index (χ3v) is 5.40. The Morgan fingerprint density at radius 1 is 0.967 bits per heavy atom. The average molecular weight is 485 g/mol. The van der Waals surface area contributed by atoms with Crippen LogP contribution in [0.4, 0.5) is 18.9 Å². The molecule has 0 aliphatic carbocycles. The number of alkyl halides is 3. The summed E-state index contributed by atoms with van der Waals surface area (Å²) < 4.78 is 39.3. The van der Waals surface area contributed by atoms with Crippen LogP contribution in [0, 0.1) is 0 Å². The van der Waals surface area contributed by atoms with E-state index in [1.807, 2.05) is 9.80 Å². The standard InChI is InChI=1S/C20H20BrF3N4O2/c21-17-7-2-1-6-16(17)19(30)26-25-18(29)13-27-8-10-28(11-9-27)15-5-3-4-14(12-15)20(22,23)24/h1-7,12H,8-11,13H2,(H,25,29)(H,26,30). The van der Waals surface area contributed by atoms with Gasteiger partial charge in [-0.3, -0.25) is 25.3 Å². The van der Waals surface area contributed by atoms with Crippen molar-refractivity contribution >= 4 is 33.4 Å². The number of hydrazine groups is 1. The van der Waals surface area contributed by atoms with Gasteiger partial charge in [-0.05, 0) is 46.3 Å². The monoisotopic (exact) mass is 484 g/mol. The topological polar surface area (TPSA) is 64.7 Å². The molecule has 0 atom stereocenters. The zero-order valence-electron chi connectivity index (χ0n) is 15.9. The van der Waals surface area contributed by atoms with Crippen LogP contribution >= 0.6 is 15.9 Å². The number of benzene rings is 2. The SMILES string of the molecule is O=C(CN1CCN(c2cccc(C(F)(F)F)c2)CC1)NNC(=O)c1ccccc1Br. The summed E-state index contributed by atoms with van der Waals surface area (Å²) in [6, 6.07) is 12.1. The van der Waals surface area contributed by atoms with Crippen molar-refractivity contribution in [2.24, 2.45) is 0 Å². The molecule has 1 aliphatic rings. The van der Waals surface area contributed by atoms with Gasteiger partial charge in [-0.2, -0.15) is 13.2 Å². The average Bonchev–Trinajstić information content (AvgIpc) is 2.72. The lowest BCUT2D eigenvalue weighted by Crippen LogP contribution is -2.52. The molecule has 0 bridgehead atoms. The maximum absolute atomic E-state index is 12.9. The van der Waals surface area contributed by atoms with E-state index in [1.54, 1.807) is 30.3 Å². The molecule has 2 amide bonds. The Balaban J connectivity index is 1.46. The number of nitrogens with one attached hydrogen (secondary N) is 2. The molecule has 0 aromatic heterocycles. The predicted octanol–water partition coefficient (Wildman–Crippen LogP) is 3.05. The summed E-state index contributed by atoms with van der Waals surface area (Å²) in [5.41, 5.74) is 4.98. The molecule has 2 aromatic rings. The predicted molar refractivity (Wildman–Crippen MR) is 110 cm³/mol. The number of nitrogens with zero attached hydrogens (tertiary/aromatic N) is 2. The lowest BCUT2D eigenvalue weighted by Gasteiger charge is -2.35. The van der Waals surface area contributed by atoms with Crippen LogP contribution in [0.3, 0.4) is 0 Å². The number of rotatable bonds is 4. The molecule has 1 fully saturated rings. The van der Waals surface area contributed by atoms with Gasteiger partial charge in [0.15, 0.2) is 0 Å². The summed E-state index contributed by atoms with van der Waals surface area (Å²) in [4.78, 5) is 28.0. The van der Waals surface area contributed by atoms with E-state index in [4.69, 9.17) is 0 Å². The third-order valence-electron chi connectivity index (χ3n) is 4.71. The molecule has 0 radical (unpaired) electrons. The van der Waals surface area contributed by atoms with Crippen molar-refractivity contribution in [2.75, 3.05) is 37.6 Å². The van der Waals surface area contributed by atoms with Crippen molar-refractivity contribution in [2.45, 2.75) is 6.18 Å². The third kappa shape index (κ3) is 5.73. The molecule has 2 aromatic carbocycles. The van der Waals surface area contributed by atoms with E-state index in [0.717, 1.165) is 12.1 Å². The van der Waals surface area contributed by atoms with Crippen molar-refractivity contribution in [3.05, 3.63) is 64.1 Å². The number of anilines is 1. The molecular formula is C20H20BrF3N4O2. The maximum Gasteiger partial charge on any atom is 0.416 e. The molecule has 1 saturated heterocycles. The minimum atomic E-state index is -4.38. The molecule has 30 heavy (non-hydrogen) atoms. The van der Waals surface area contributed by atoms with Crippen molar-refractivity contribution in [1.29, 1.82) is 0 Å². The zero-order valence-corrected chi connectivity index (χ0v) is 17.5. The van der Waals surface area contributed by atoms with Crippen LogP contribution in [0.15, 0.2) is 53.0 Å². The highest BCUT2D eigenvalue weighted by Crippen LogP contribution is 2.31. The van der Waals surface area contributed by atoms with Gasteiger partial charge in [0.2, 0.25) is 0 Å². The van der Waals surface area contributed by atoms with Crippen molar-refractivity contribution in [3.8, 4) is 0 Å². The molecule has 0 saturated carbocycles. The molecule has 160 valence electrons. The van der Waals surface area contributed by atoms with Gasteiger partial charge in [0.25, 0.3) is 11.8 Å². The van der Waals surface area contributed by atoms with Crippen LogP contribution in [0.25, 0.3) is 0 Å². The highest BCUT2D eigenvalue weighted by Gasteiger charge is 2.31. The Labute approximate surface area is 180 Å². The van der Waals surface area contributed by atoms with Crippen molar-refractivity contribution < 1.29 is 22.8 Å². The van der Waals surface area contributed by atoms with Crippen LogP contribution in [0.2, 0.25) is 0 Å². The molecule has 1 heterocycles. The summed E-state index contributed by atoms with van der Waals surface area (Å²) >= 11 is 3.27. The molecule has 0 unspecified atom stereocenters. The number of hydrogen-bond acceptors (Lipinski definition) is 4. The Morgan fingerprint density at radius 2 is 1.67 bits per heavy atom. The highest BCUT2D eigenvalue weighted by atomic mass is 79.9. The van der Waals surface area contributed by atoms with Crippen molar-refractivity contribution in [3.63, 3.8) is 0 Å². The second-order valence-electron chi connectivity index (χ2n) is 6.79. The lowest BCUT2D eigenvalue weighted by molar-refractivity contribution is -0.137. The number of hydrogen-bond donors (Lipinski definition) is 2. The first-order chi connectivity index (χ1) is 14.2. The van der Waals surface area contributed by atoms with Crippen LogP contribution in [-0.4, -0.2) is 49.4 Å². The fourth-order valence-electron chi connectivity index (χ4n) is 3.12. The lowest BCUT2D eigenvalue weighted by atomic mass is 10.1. The van der Waals surface area contributed by atoms with Gasteiger partial charge in [-0.1, -0.05) is 18.2 Å². The first-order valence-corrected chi connectivity index (χ1v) is 10.0. The molecular weight excluding hydrogens is 465 g/mol. The van der Waals surface area contributed by atoms with Gasteiger partial charge >= 0.3 is 6.18 Å². The van der Waals surface area contributed by atoms with Crippen LogP contribution in [0.1, 0.15) is 15.9 Å². The van der Waals surface area contributed by atoms with Gasteiger partial charge in [0.1, 0.15) is 0 Å². The van der Waals surface area contributed by atoms with Crippen LogP contribution in [-0.2, 0) is 11.0 Å². The summed E-state index contributed by atoms with van der Waals surface area (Å²) in [5, 5.41) is 0. The number of amides is 2. The van der Waals surface area contributed by atoms with Gasteiger partial charge < -0.3 is 4.90 Å². The first-order valence-electron chi connectivity index (χ1n) is 9.22. The maximum atomic E-state index is 12.9. The second-order valence-corrected chi connectivity index (χ2v) is 7.65. The quantitative estimate of drug-likeness (QED) is 0.654. The number of carbonyl (C=O) groups excluding carboxylic acids is 2. The van der Waals surface area contributed by atoms with Gasteiger partial charge in [-0.15, -0.1) is 0 Å². The highest BCUT2D eigenvalue weighted by molar-refractivity contribution is 9.10. The number of piperazine rings is 1. The summed E-state index contributed by atoms with van der Waals surface area (Å²) in [6.45, 7) is 2.10. The Bertz CT molecular complexity index is 915. The first kappa shape index (κ1) is 22.1. The van der Waals surface area contributed by atoms with E-state index in [-0.39, 0.29) is 12.5 Å². The van der Waals surface area contributed by atoms with E-state index in [0.29, 0.717) is 41.9 Å². The fraction of sp³-hybridized carbons (Fsp3) is 0.300. The van der Waals surface area contributed by atoms with Gasteiger partial charge in [0.05, 0.1) is 17.7 Å². The Morgan fingerprint density at radius 3 is 2.33 bits per heavy atom. The summed E-state index contributed by atoms with van der Waals surface area (Å²) in [6.07, 6.45) is -4.38. The Hall–Kier alpha value is -2.59. The van der Waals surface area contributed by atoms with E-state index in [1.165, 1.54) is 6.07 Å². The molecule has 6 nitrogen and oxygen atoms in total. The molecule has 10 heteroatoms. The summed E-state index contributed by atoms with van der Waals surface area (Å²) in [7, 11) is 0. The van der Waals surface area contributed by atoms with Crippen LogP contribution < -0.4 is 15.8 Å². The van der Waals surface area contributed by atoms with Gasteiger partial charge in [0, 0.05) is 36.3 Å². The number of halogens is 4. The molecule has 2 N–H and O–H groups in total. The molecule has 3 rings (SSSR count). The largest absolute Gasteiger partial charge is 0.416 e.